The van der Waals surface area contributed by atoms with Gasteiger partial charge in [-0.1, -0.05) is 42.5 Å². The molecule has 0 fully saturated rings. The van der Waals surface area contributed by atoms with Gasteiger partial charge in [-0.2, -0.15) is 15.1 Å². The van der Waals surface area contributed by atoms with E-state index in [-0.39, 0.29) is 11.4 Å². The van der Waals surface area contributed by atoms with Gasteiger partial charge in [0.25, 0.3) is 11.5 Å². The third-order valence-electron chi connectivity index (χ3n) is 8.39. The zero-order valence-corrected chi connectivity index (χ0v) is 27.8. The number of hydrogen-bond donors (Lipinski definition) is 2. The molecule has 0 aliphatic carbocycles. The maximum absolute atomic E-state index is 13.5. The lowest BCUT2D eigenvalue weighted by Gasteiger charge is -2.11. The number of nitrogens with zero attached hydrogens (tertiary/aromatic N) is 6. The molecule has 12 nitrogen and oxygen atoms in total. The third kappa shape index (κ3) is 5.96. The number of ether oxygens (including phenoxy) is 1. The van der Waals surface area contributed by atoms with Crippen LogP contribution in [0.5, 0.6) is 11.6 Å². The summed E-state index contributed by atoms with van der Waals surface area (Å²) >= 11 is 0. The van der Waals surface area contributed by atoms with Crippen LogP contribution in [0.25, 0.3) is 50.6 Å². The van der Waals surface area contributed by atoms with Gasteiger partial charge in [0.1, 0.15) is 28.3 Å². The lowest BCUT2D eigenvalue weighted by molar-refractivity contribution is 0.102. The summed E-state index contributed by atoms with van der Waals surface area (Å²) in [4.78, 5) is 36.1. The number of amides is 1. The minimum Gasteiger partial charge on any atom is -0.438 e. The van der Waals surface area contributed by atoms with E-state index in [0.717, 1.165) is 16.7 Å². The van der Waals surface area contributed by atoms with Gasteiger partial charge in [0.05, 0.1) is 17.4 Å². The number of nitrogens with one attached hydrogen (secondary N) is 1. The maximum atomic E-state index is 13.5. The molecule has 52 heavy (non-hydrogen) atoms. The van der Waals surface area contributed by atoms with Gasteiger partial charge in [0.15, 0.2) is 5.82 Å². The van der Waals surface area contributed by atoms with E-state index in [1.165, 1.54) is 39.8 Å². The van der Waals surface area contributed by atoms with Gasteiger partial charge in [-0.3, -0.25) is 19.0 Å². The van der Waals surface area contributed by atoms with Crippen LogP contribution in [0.15, 0.2) is 131 Å². The molecular weight excluding hydrogens is 663 g/mol. The lowest BCUT2D eigenvalue weighted by atomic mass is 10.0. The van der Waals surface area contributed by atoms with Crippen LogP contribution in [0.4, 0.5) is 15.8 Å². The highest BCUT2D eigenvalue weighted by molar-refractivity contribution is 6.05. The molecule has 0 radical (unpaired) electrons. The molecule has 4 aromatic carbocycles. The fourth-order valence-electron chi connectivity index (χ4n) is 5.98. The standard InChI is InChI=1S/C39H29FN8O4/c1-46-21-25(20-42-46)34-32(24-9-6-10-27(41)19-24)33-37(44-35(45-38(33)52-34)23-7-4-3-5-8-23)51-30-17-13-28(14-18-30)43-36(49)31-22-47(2)48(39(31)50)29-15-11-26(40)12-16-29/h3-22H,41H2,1-2H3,(H,43,49). The number of nitrogens with two attached hydrogens (primary N) is 1. The minimum absolute atomic E-state index is 0.0811. The average molecular weight is 693 g/mol. The topological polar surface area (TPSA) is 148 Å². The van der Waals surface area contributed by atoms with Crippen LogP contribution < -0.4 is 21.3 Å². The Balaban J connectivity index is 1.16. The Morgan fingerprint density at radius 2 is 1.62 bits per heavy atom. The monoisotopic (exact) mass is 692 g/mol. The molecule has 0 atom stereocenters. The first-order chi connectivity index (χ1) is 25.2. The first-order valence-corrected chi connectivity index (χ1v) is 16.1. The number of fused-ring (bicyclic) bond motifs is 1. The van der Waals surface area contributed by atoms with Gasteiger partial charge < -0.3 is 20.2 Å². The number of carbonyl (C=O) groups is 1. The Morgan fingerprint density at radius 3 is 2.33 bits per heavy atom. The molecule has 256 valence electrons. The van der Waals surface area contributed by atoms with Crippen molar-refractivity contribution in [2.24, 2.45) is 14.1 Å². The fourth-order valence-corrected chi connectivity index (χ4v) is 5.98. The predicted molar refractivity (Wildman–Crippen MR) is 195 cm³/mol. The largest absolute Gasteiger partial charge is 0.438 e. The van der Waals surface area contributed by atoms with Gasteiger partial charge in [-0.05, 0) is 66.2 Å². The van der Waals surface area contributed by atoms with E-state index >= 15 is 0 Å². The van der Waals surface area contributed by atoms with Gasteiger partial charge in [0, 0.05) is 49.0 Å². The molecule has 0 spiro atoms. The SMILES string of the molecule is Cn1cc(-c2oc3nc(-c4ccccc4)nc(Oc4ccc(NC(=O)c5cn(C)n(-c6ccc(F)cc6)c5=O)cc4)c3c2-c2cccc(N)c2)cn1. The van der Waals surface area contributed by atoms with Crippen molar-refractivity contribution < 1.29 is 18.3 Å². The van der Waals surface area contributed by atoms with Gasteiger partial charge >= 0.3 is 0 Å². The van der Waals surface area contributed by atoms with Crippen LogP contribution in [-0.2, 0) is 14.1 Å². The van der Waals surface area contributed by atoms with Crippen molar-refractivity contribution in [2.45, 2.75) is 0 Å². The molecule has 0 bridgehead atoms. The number of benzene rings is 4. The highest BCUT2D eigenvalue weighted by atomic mass is 19.1. The number of rotatable bonds is 8. The number of hydrogen-bond acceptors (Lipinski definition) is 8. The normalized spacial score (nSPS) is 11.2. The Morgan fingerprint density at radius 1 is 0.865 bits per heavy atom. The van der Waals surface area contributed by atoms with Crippen molar-refractivity contribution in [2.75, 3.05) is 11.1 Å². The van der Waals surface area contributed by atoms with Crippen molar-refractivity contribution in [1.29, 1.82) is 0 Å². The fraction of sp³-hybridized carbons (Fsp3) is 0.0513. The maximum Gasteiger partial charge on any atom is 0.284 e. The van der Waals surface area contributed by atoms with E-state index in [2.05, 4.69) is 10.4 Å². The minimum atomic E-state index is -0.603. The summed E-state index contributed by atoms with van der Waals surface area (Å²) < 4.78 is 30.9. The molecule has 1 amide bonds. The van der Waals surface area contributed by atoms with E-state index in [9.17, 15) is 14.0 Å². The first-order valence-electron chi connectivity index (χ1n) is 16.1. The average Bonchev–Trinajstić information content (AvgIpc) is 3.84. The summed E-state index contributed by atoms with van der Waals surface area (Å²) in [5.74, 6) is 0.536. The molecule has 4 aromatic heterocycles. The molecule has 0 aliphatic heterocycles. The van der Waals surface area contributed by atoms with E-state index in [0.29, 0.717) is 51.1 Å². The van der Waals surface area contributed by atoms with Crippen LogP contribution in [0.1, 0.15) is 10.4 Å². The number of furan rings is 1. The summed E-state index contributed by atoms with van der Waals surface area (Å²) in [7, 11) is 3.45. The van der Waals surface area contributed by atoms with Crippen molar-refractivity contribution in [3.05, 3.63) is 143 Å². The Kier molecular flexibility index (Phi) is 7.91. The molecule has 0 saturated carbocycles. The second-order valence-electron chi connectivity index (χ2n) is 12.0. The van der Waals surface area contributed by atoms with E-state index < -0.39 is 17.3 Å². The van der Waals surface area contributed by atoms with Crippen LogP contribution >= 0.6 is 0 Å². The smallest absolute Gasteiger partial charge is 0.284 e. The van der Waals surface area contributed by atoms with Crippen LogP contribution in [-0.4, -0.2) is 35.0 Å². The van der Waals surface area contributed by atoms with Gasteiger partial charge in [-0.15, -0.1) is 0 Å². The lowest BCUT2D eigenvalue weighted by Crippen LogP contribution is -2.25. The number of anilines is 2. The predicted octanol–water partition coefficient (Wildman–Crippen LogP) is 7.21. The summed E-state index contributed by atoms with van der Waals surface area (Å²) in [6, 6.07) is 29.0. The number of aromatic nitrogens is 6. The highest BCUT2D eigenvalue weighted by Gasteiger charge is 2.26. The van der Waals surface area contributed by atoms with E-state index in [1.54, 1.807) is 48.3 Å². The van der Waals surface area contributed by atoms with Crippen LogP contribution in [0.2, 0.25) is 0 Å². The van der Waals surface area contributed by atoms with Gasteiger partial charge in [-0.25, -0.2) is 9.07 Å². The van der Waals surface area contributed by atoms with Crippen molar-refractivity contribution in [1.82, 2.24) is 29.1 Å². The summed E-state index contributed by atoms with van der Waals surface area (Å²) in [5.41, 5.74) is 10.3. The molecule has 13 heteroatoms. The molecule has 8 aromatic rings. The molecule has 0 aliphatic rings. The second kappa shape index (κ2) is 12.9. The quantitative estimate of drug-likeness (QED) is 0.159. The molecule has 0 unspecified atom stereocenters. The number of aryl methyl sites for hydroxylation is 2. The zero-order valence-electron chi connectivity index (χ0n) is 27.8. The summed E-state index contributed by atoms with van der Waals surface area (Å²) in [5, 5.41) is 7.65. The van der Waals surface area contributed by atoms with Crippen LogP contribution in [0.3, 0.4) is 0 Å². The molecular formula is C39H29FN8O4. The number of carbonyl (C=O) groups excluding carboxylic acids is 1. The molecule has 3 N–H and O–H groups in total. The second-order valence-corrected chi connectivity index (χ2v) is 12.0. The zero-order chi connectivity index (χ0) is 35.9. The van der Waals surface area contributed by atoms with E-state index in [4.69, 9.17) is 24.9 Å². The summed E-state index contributed by atoms with van der Waals surface area (Å²) in [6.45, 7) is 0. The highest BCUT2D eigenvalue weighted by Crippen LogP contribution is 2.45. The number of nitrogen functional groups attached to an aromatic ring is 1. The summed E-state index contributed by atoms with van der Waals surface area (Å²) in [6.07, 6.45) is 4.98. The Bertz CT molecular complexity index is 2660. The third-order valence-corrected chi connectivity index (χ3v) is 8.39. The molecule has 0 saturated heterocycles. The molecule has 8 rings (SSSR count). The number of halogens is 1. The molecule has 4 heterocycles. The Labute approximate surface area is 295 Å². The van der Waals surface area contributed by atoms with Gasteiger partial charge in [0.2, 0.25) is 11.6 Å². The van der Waals surface area contributed by atoms with Crippen LogP contribution in [0, 0.1) is 5.82 Å². The van der Waals surface area contributed by atoms with Crippen molar-refractivity contribution in [3.63, 3.8) is 0 Å². The van der Waals surface area contributed by atoms with Crippen molar-refractivity contribution in [3.8, 4) is 51.2 Å². The first kappa shape index (κ1) is 32.0. The van der Waals surface area contributed by atoms with E-state index in [1.807, 2.05) is 61.8 Å². The van der Waals surface area contributed by atoms with Crippen molar-refractivity contribution >= 4 is 28.4 Å². The Hall–Kier alpha value is -7.28.